The highest BCUT2D eigenvalue weighted by Crippen LogP contribution is 2.43. The largest absolute Gasteiger partial charge is 0.462 e. The zero-order valence-electron chi connectivity index (χ0n) is 20.0. The number of aliphatic hydroxyl groups excluding tert-OH is 1. The Morgan fingerprint density at radius 1 is 0.972 bits per heavy atom. The fourth-order valence-corrected chi connectivity index (χ4v) is 5.24. The molecule has 0 radical (unpaired) electrons. The van der Waals surface area contributed by atoms with E-state index < -0.39 is 18.2 Å². The van der Waals surface area contributed by atoms with Gasteiger partial charge in [0.1, 0.15) is 12.2 Å². The van der Waals surface area contributed by atoms with Crippen molar-refractivity contribution in [3.05, 3.63) is 108 Å². The van der Waals surface area contributed by atoms with E-state index in [2.05, 4.69) is 0 Å². The van der Waals surface area contributed by atoms with Crippen LogP contribution in [0, 0.1) is 11.8 Å². The number of aliphatic hydroxyl groups is 1. The molecule has 2 aliphatic rings. The fraction of sp³-hybridized carbons (Fsp3) is 0.290. The van der Waals surface area contributed by atoms with Gasteiger partial charge in [-0.25, -0.2) is 4.79 Å². The molecular formula is C31H30O5. The number of ether oxygens (including phenoxy) is 2. The van der Waals surface area contributed by atoms with Crippen molar-refractivity contribution in [3.8, 4) is 11.1 Å². The van der Waals surface area contributed by atoms with Crippen LogP contribution in [0.3, 0.4) is 0 Å². The minimum atomic E-state index is -0.621. The molecule has 5 atom stereocenters. The molecule has 3 aromatic carbocycles. The van der Waals surface area contributed by atoms with Gasteiger partial charge in [-0.1, -0.05) is 84.9 Å². The summed E-state index contributed by atoms with van der Waals surface area (Å²) in [6.07, 6.45) is 4.53. The van der Waals surface area contributed by atoms with Gasteiger partial charge in [-0.2, -0.15) is 0 Å². The van der Waals surface area contributed by atoms with E-state index in [1.165, 1.54) is 5.56 Å². The van der Waals surface area contributed by atoms with Gasteiger partial charge >= 0.3 is 11.9 Å². The first-order valence-electron chi connectivity index (χ1n) is 12.5. The summed E-state index contributed by atoms with van der Waals surface area (Å²) in [4.78, 5) is 24.9. The first kappa shape index (κ1) is 24.0. The van der Waals surface area contributed by atoms with Crippen LogP contribution in [0.2, 0.25) is 0 Å². The molecule has 1 N–H and O–H groups in total. The summed E-state index contributed by atoms with van der Waals surface area (Å²) in [7, 11) is 0. The quantitative estimate of drug-likeness (QED) is 0.345. The lowest BCUT2D eigenvalue weighted by Crippen LogP contribution is -2.25. The van der Waals surface area contributed by atoms with Gasteiger partial charge in [0, 0.05) is 18.3 Å². The van der Waals surface area contributed by atoms with Gasteiger partial charge in [0.05, 0.1) is 18.1 Å². The highest BCUT2D eigenvalue weighted by Gasteiger charge is 2.50. The van der Waals surface area contributed by atoms with Crippen LogP contribution in [0.1, 0.15) is 35.2 Å². The molecule has 5 nitrogen and oxygen atoms in total. The maximum atomic E-state index is 13.0. The first-order chi connectivity index (χ1) is 17.6. The molecule has 1 heterocycles. The smallest absolute Gasteiger partial charge is 0.338 e. The molecule has 5 heteroatoms. The molecule has 1 aliphatic carbocycles. The number of carbonyl (C=O) groups excluding carboxylic acids is 2. The molecule has 1 saturated heterocycles. The molecular weight excluding hydrogens is 452 g/mol. The minimum absolute atomic E-state index is 0.0478. The van der Waals surface area contributed by atoms with Crippen LogP contribution < -0.4 is 0 Å². The number of rotatable bonds is 8. The van der Waals surface area contributed by atoms with Crippen molar-refractivity contribution in [1.82, 2.24) is 0 Å². The molecule has 0 aromatic heterocycles. The SMILES string of the molecule is O=C1CC2C(CC(OC(=O)c3ccc(-c4ccccc4)cc3)C2C=C[C@H](O)CCc2ccccc2)O1. The maximum Gasteiger partial charge on any atom is 0.338 e. The summed E-state index contributed by atoms with van der Waals surface area (Å²) in [6.45, 7) is 0. The minimum Gasteiger partial charge on any atom is -0.462 e. The Hall–Kier alpha value is -3.70. The second-order valence-electron chi connectivity index (χ2n) is 9.57. The van der Waals surface area contributed by atoms with Gasteiger partial charge in [-0.3, -0.25) is 4.79 Å². The summed E-state index contributed by atoms with van der Waals surface area (Å²) in [6, 6.07) is 27.4. The summed E-state index contributed by atoms with van der Waals surface area (Å²) >= 11 is 0. The molecule has 3 aromatic rings. The Kier molecular flexibility index (Phi) is 7.28. The third-order valence-corrected chi connectivity index (χ3v) is 7.16. The second kappa shape index (κ2) is 10.9. The van der Waals surface area contributed by atoms with Crippen LogP contribution in [0.25, 0.3) is 11.1 Å². The standard InChI is InChI=1S/C31H30O5/c32-25(16-11-21-7-3-1-4-8-21)17-18-26-27-19-30(33)35-29(27)20-28(26)36-31(34)24-14-12-23(13-15-24)22-9-5-2-6-10-22/h1-10,12-15,17-18,25-29,32H,11,16,19-20H2/t25-,26?,27?,28?,29?/m1/s1. The third-order valence-electron chi connectivity index (χ3n) is 7.16. The Balaban J connectivity index is 1.24. The molecule has 0 bridgehead atoms. The van der Waals surface area contributed by atoms with Crippen LogP contribution in [-0.2, 0) is 20.7 Å². The van der Waals surface area contributed by atoms with E-state index >= 15 is 0 Å². The molecule has 184 valence electrons. The van der Waals surface area contributed by atoms with Crippen LogP contribution in [0.5, 0.6) is 0 Å². The third kappa shape index (κ3) is 5.58. The number of fused-ring (bicyclic) bond motifs is 1. The van der Waals surface area contributed by atoms with E-state index in [4.69, 9.17) is 9.47 Å². The van der Waals surface area contributed by atoms with Crippen LogP contribution in [0.4, 0.5) is 0 Å². The van der Waals surface area contributed by atoms with E-state index in [0.29, 0.717) is 24.8 Å². The molecule has 4 unspecified atom stereocenters. The number of benzene rings is 3. The van der Waals surface area contributed by atoms with Crippen molar-refractivity contribution in [1.29, 1.82) is 0 Å². The van der Waals surface area contributed by atoms with Gasteiger partial charge in [0.25, 0.3) is 0 Å². The van der Waals surface area contributed by atoms with Crippen LogP contribution in [-0.4, -0.2) is 35.4 Å². The molecule has 1 saturated carbocycles. The van der Waals surface area contributed by atoms with E-state index in [-0.39, 0.29) is 23.9 Å². The van der Waals surface area contributed by atoms with E-state index in [9.17, 15) is 14.7 Å². The van der Waals surface area contributed by atoms with Crippen molar-refractivity contribution in [3.63, 3.8) is 0 Å². The summed E-state index contributed by atoms with van der Waals surface area (Å²) in [5.41, 5.74) is 3.76. The summed E-state index contributed by atoms with van der Waals surface area (Å²) < 4.78 is 11.4. The molecule has 5 rings (SSSR count). The van der Waals surface area contributed by atoms with Gasteiger partial charge in [0.2, 0.25) is 0 Å². The van der Waals surface area contributed by atoms with E-state index in [0.717, 1.165) is 17.5 Å². The normalized spacial score (nSPS) is 23.9. The Bertz CT molecular complexity index is 1200. The van der Waals surface area contributed by atoms with Crippen LogP contribution in [0.15, 0.2) is 97.1 Å². The fourth-order valence-electron chi connectivity index (χ4n) is 5.24. The lowest BCUT2D eigenvalue weighted by Gasteiger charge is -2.20. The molecule has 36 heavy (non-hydrogen) atoms. The zero-order valence-corrected chi connectivity index (χ0v) is 20.0. The Labute approximate surface area is 211 Å². The zero-order chi connectivity index (χ0) is 24.9. The highest BCUT2D eigenvalue weighted by atomic mass is 16.6. The lowest BCUT2D eigenvalue weighted by molar-refractivity contribution is -0.141. The Morgan fingerprint density at radius 3 is 2.36 bits per heavy atom. The van der Waals surface area contributed by atoms with Crippen molar-refractivity contribution >= 4 is 11.9 Å². The summed E-state index contributed by atoms with van der Waals surface area (Å²) in [5.74, 6) is -0.836. The predicted molar refractivity (Wildman–Crippen MR) is 137 cm³/mol. The summed E-state index contributed by atoms with van der Waals surface area (Å²) in [5, 5.41) is 10.5. The lowest BCUT2D eigenvalue weighted by atomic mass is 9.91. The number of hydrogen-bond donors (Lipinski definition) is 1. The van der Waals surface area contributed by atoms with Crippen molar-refractivity contribution in [2.75, 3.05) is 0 Å². The highest BCUT2D eigenvalue weighted by molar-refractivity contribution is 5.90. The Morgan fingerprint density at radius 2 is 1.64 bits per heavy atom. The number of carbonyl (C=O) groups is 2. The van der Waals surface area contributed by atoms with Crippen molar-refractivity contribution < 1.29 is 24.2 Å². The molecule has 0 amide bonds. The average molecular weight is 483 g/mol. The topological polar surface area (TPSA) is 72.8 Å². The number of esters is 2. The van der Waals surface area contributed by atoms with Gasteiger partial charge in [-0.15, -0.1) is 0 Å². The van der Waals surface area contributed by atoms with Gasteiger partial charge < -0.3 is 14.6 Å². The molecule has 2 fully saturated rings. The van der Waals surface area contributed by atoms with Crippen molar-refractivity contribution in [2.45, 2.75) is 44.0 Å². The van der Waals surface area contributed by atoms with Gasteiger partial charge in [-0.05, 0) is 41.7 Å². The molecule has 1 aliphatic heterocycles. The second-order valence-corrected chi connectivity index (χ2v) is 9.57. The maximum absolute atomic E-state index is 13.0. The molecule has 0 spiro atoms. The van der Waals surface area contributed by atoms with E-state index in [1.807, 2.05) is 78.9 Å². The number of hydrogen-bond acceptors (Lipinski definition) is 5. The van der Waals surface area contributed by atoms with Gasteiger partial charge in [0.15, 0.2) is 0 Å². The predicted octanol–water partition coefficient (Wildman–Crippen LogP) is 5.38. The first-order valence-corrected chi connectivity index (χ1v) is 12.5. The average Bonchev–Trinajstić information content (AvgIpc) is 3.42. The van der Waals surface area contributed by atoms with Crippen LogP contribution >= 0.6 is 0 Å². The number of aryl methyl sites for hydroxylation is 1. The van der Waals surface area contributed by atoms with E-state index in [1.54, 1.807) is 18.2 Å². The van der Waals surface area contributed by atoms with Crippen molar-refractivity contribution in [2.24, 2.45) is 11.8 Å². The monoisotopic (exact) mass is 482 g/mol.